The molecule has 1 unspecified atom stereocenters. The van der Waals surface area contributed by atoms with Crippen molar-refractivity contribution in [3.63, 3.8) is 0 Å². The van der Waals surface area contributed by atoms with E-state index in [0.717, 1.165) is 77.9 Å². The van der Waals surface area contributed by atoms with Crippen LogP contribution in [0.1, 0.15) is 47.3 Å². The average molecular weight is 642 g/mol. The monoisotopic (exact) mass is 641 g/mol. The van der Waals surface area contributed by atoms with Gasteiger partial charge in [-0.2, -0.15) is 15.8 Å². The molecule has 2 aromatic heterocycles. The van der Waals surface area contributed by atoms with E-state index in [9.17, 15) is 15.8 Å². The van der Waals surface area contributed by atoms with E-state index >= 15 is 0 Å². The van der Waals surface area contributed by atoms with Crippen LogP contribution in [-0.2, 0) is 0 Å². The lowest BCUT2D eigenvalue weighted by Gasteiger charge is -2.20. The third-order valence-electron chi connectivity index (χ3n) is 9.82. The lowest BCUT2D eigenvalue weighted by Crippen LogP contribution is -2.09. The van der Waals surface area contributed by atoms with Crippen LogP contribution < -0.4 is 0 Å². The van der Waals surface area contributed by atoms with Gasteiger partial charge in [0, 0.05) is 55.7 Å². The number of benzene rings is 5. The van der Waals surface area contributed by atoms with E-state index in [-0.39, 0.29) is 5.92 Å². The van der Waals surface area contributed by atoms with Gasteiger partial charge in [0.25, 0.3) is 0 Å². The Hall–Kier alpha value is -6.87. The zero-order valence-electron chi connectivity index (χ0n) is 27.7. The van der Waals surface area contributed by atoms with E-state index in [1.165, 1.54) is 0 Å². The van der Waals surface area contributed by atoms with Gasteiger partial charge in [-0.3, -0.25) is 0 Å². The molecule has 0 radical (unpaired) electrons. The molecule has 1 aliphatic rings. The van der Waals surface area contributed by atoms with E-state index in [4.69, 9.17) is 0 Å². The third-order valence-corrected chi connectivity index (χ3v) is 9.82. The normalized spacial score (nSPS) is 13.9. The molecule has 2 heterocycles. The minimum Gasteiger partial charge on any atom is -0.313 e. The van der Waals surface area contributed by atoms with Gasteiger partial charge in [0.15, 0.2) is 0 Å². The highest BCUT2D eigenvalue weighted by Crippen LogP contribution is 2.42. The molecule has 0 N–H and O–H groups in total. The van der Waals surface area contributed by atoms with Crippen LogP contribution in [0.5, 0.6) is 0 Å². The largest absolute Gasteiger partial charge is 0.313 e. The molecule has 0 amide bonds. The van der Waals surface area contributed by atoms with Crippen LogP contribution in [0.15, 0.2) is 127 Å². The van der Waals surface area contributed by atoms with Crippen LogP contribution in [0.25, 0.3) is 67.6 Å². The maximum atomic E-state index is 10.2. The second-order valence-electron chi connectivity index (χ2n) is 12.7. The molecule has 0 saturated heterocycles. The number of hydrogen-bond donors (Lipinski definition) is 0. The molecular weight excluding hydrogens is 611 g/mol. The van der Waals surface area contributed by atoms with Crippen molar-refractivity contribution in [3.8, 4) is 51.8 Å². The zero-order valence-corrected chi connectivity index (χ0v) is 27.7. The first-order valence-corrected chi connectivity index (χ1v) is 16.6. The molecule has 0 aliphatic heterocycles. The number of allylic oxidation sites excluding steroid dienone is 2. The van der Waals surface area contributed by atoms with Crippen LogP contribution in [0.2, 0.25) is 0 Å². The van der Waals surface area contributed by atoms with Gasteiger partial charge in [-0.05, 0) is 79.9 Å². The second kappa shape index (κ2) is 12.3. The van der Waals surface area contributed by atoms with Gasteiger partial charge in [0.2, 0.25) is 0 Å². The Bertz CT molecular complexity index is 2680. The molecule has 5 aromatic carbocycles. The van der Waals surface area contributed by atoms with Crippen LogP contribution in [0.3, 0.4) is 0 Å². The van der Waals surface area contributed by atoms with Gasteiger partial charge in [-0.15, -0.1) is 0 Å². The predicted octanol–water partition coefficient (Wildman–Crippen LogP) is 11.0. The Morgan fingerprint density at radius 1 is 0.740 bits per heavy atom. The maximum Gasteiger partial charge on any atom is 0.0998 e. The van der Waals surface area contributed by atoms with E-state index in [0.29, 0.717) is 17.6 Å². The molecule has 50 heavy (non-hydrogen) atoms. The molecule has 0 bridgehead atoms. The van der Waals surface area contributed by atoms with E-state index in [1.54, 1.807) is 0 Å². The average Bonchev–Trinajstić information content (AvgIpc) is 3.65. The summed E-state index contributed by atoms with van der Waals surface area (Å²) in [5.41, 5.74) is 13.4. The van der Waals surface area contributed by atoms with E-state index in [1.807, 2.05) is 61.5 Å². The summed E-state index contributed by atoms with van der Waals surface area (Å²) in [6.45, 7) is 3.91. The lowest BCUT2D eigenvalue weighted by atomic mass is 9.92. The number of hydrogen-bond acceptors (Lipinski definition) is 3. The quantitative estimate of drug-likeness (QED) is 0.175. The predicted molar refractivity (Wildman–Crippen MR) is 202 cm³/mol. The molecule has 5 heteroatoms. The molecule has 0 saturated carbocycles. The number of aromatic nitrogens is 2. The smallest absolute Gasteiger partial charge is 0.0998 e. The Morgan fingerprint density at radius 2 is 1.42 bits per heavy atom. The summed E-state index contributed by atoms with van der Waals surface area (Å²) in [4.78, 5) is 0. The van der Waals surface area contributed by atoms with Crippen molar-refractivity contribution in [3.05, 3.63) is 155 Å². The molecule has 1 aliphatic carbocycles. The van der Waals surface area contributed by atoms with Crippen LogP contribution in [0.4, 0.5) is 0 Å². The van der Waals surface area contributed by atoms with Crippen molar-refractivity contribution < 1.29 is 0 Å². The minimum absolute atomic E-state index is 0.256. The van der Waals surface area contributed by atoms with Crippen molar-refractivity contribution in [2.75, 3.05) is 0 Å². The van der Waals surface area contributed by atoms with Gasteiger partial charge in [0.05, 0.1) is 46.4 Å². The molecule has 0 spiro atoms. The standard InChI is InChI=1S/C45H31N5/c1-29(26-46)24-40-30(2)49(43-16-7-5-13-38(40)43)35-22-20-31(21-23-35)41-25-32(18-19-33(41)27-47)36-11-3-6-15-42(36)50-44-17-8-4-12-37(44)39-14-9-10-34(28-48)45(39)50/h3-9,11-25,34H,10H2,1-2H3/b29-24+. The number of para-hydroxylation sites is 3. The third kappa shape index (κ3) is 4.83. The number of rotatable bonds is 5. The summed E-state index contributed by atoms with van der Waals surface area (Å²) >= 11 is 0. The highest BCUT2D eigenvalue weighted by molar-refractivity contribution is 5.96. The summed E-state index contributed by atoms with van der Waals surface area (Å²) in [5, 5.41) is 32.1. The molecule has 236 valence electrons. The van der Waals surface area contributed by atoms with E-state index in [2.05, 4.69) is 113 Å². The first-order chi connectivity index (χ1) is 24.5. The summed E-state index contributed by atoms with van der Waals surface area (Å²) in [6.07, 6.45) is 6.88. The van der Waals surface area contributed by atoms with Crippen molar-refractivity contribution >= 4 is 34.0 Å². The van der Waals surface area contributed by atoms with Crippen LogP contribution in [-0.4, -0.2) is 9.13 Å². The van der Waals surface area contributed by atoms with Gasteiger partial charge >= 0.3 is 0 Å². The molecule has 5 nitrogen and oxygen atoms in total. The molecular formula is C45H31N5. The molecule has 7 aromatic rings. The highest BCUT2D eigenvalue weighted by atomic mass is 15.0. The van der Waals surface area contributed by atoms with Crippen molar-refractivity contribution in [2.24, 2.45) is 0 Å². The Labute approximate surface area is 291 Å². The SMILES string of the molecule is C/C(C#N)=C\c1c(C)n(-c2ccc(-c3cc(-c4ccccc4-n4c5c(c6ccccc64)C=CCC5C#N)ccc3C#N)cc2)c2ccccc12. The zero-order chi connectivity index (χ0) is 34.4. The lowest BCUT2D eigenvalue weighted by molar-refractivity contribution is 0.801. The first-order valence-electron chi connectivity index (χ1n) is 16.6. The summed E-state index contributed by atoms with van der Waals surface area (Å²) in [5.74, 6) is -0.256. The van der Waals surface area contributed by atoms with Gasteiger partial charge in [-0.1, -0.05) is 84.9 Å². The topological polar surface area (TPSA) is 81.2 Å². The van der Waals surface area contributed by atoms with Crippen molar-refractivity contribution in [1.29, 1.82) is 15.8 Å². The van der Waals surface area contributed by atoms with Crippen molar-refractivity contribution in [1.82, 2.24) is 9.13 Å². The molecule has 0 fully saturated rings. The number of fused-ring (bicyclic) bond motifs is 4. The summed E-state index contributed by atoms with van der Waals surface area (Å²) in [7, 11) is 0. The van der Waals surface area contributed by atoms with Gasteiger partial charge in [0.1, 0.15) is 0 Å². The number of nitriles is 3. The summed E-state index contributed by atoms with van der Waals surface area (Å²) in [6, 6.07) is 46.5. The van der Waals surface area contributed by atoms with E-state index < -0.39 is 0 Å². The maximum absolute atomic E-state index is 10.2. The fraction of sp³-hybridized carbons (Fsp3) is 0.0889. The van der Waals surface area contributed by atoms with Crippen LogP contribution >= 0.6 is 0 Å². The Morgan fingerprint density at radius 3 is 2.16 bits per heavy atom. The fourth-order valence-corrected chi connectivity index (χ4v) is 7.52. The second-order valence-corrected chi connectivity index (χ2v) is 12.7. The fourth-order valence-electron chi connectivity index (χ4n) is 7.52. The Balaban J connectivity index is 1.25. The van der Waals surface area contributed by atoms with Gasteiger partial charge < -0.3 is 9.13 Å². The minimum atomic E-state index is -0.256. The summed E-state index contributed by atoms with van der Waals surface area (Å²) < 4.78 is 4.48. The first kappa shape index (κ1) is 30.5. The highest BCUT2D eigenvalue weighted by Gasteiger charge is 2.27. The van der Waals surface area contributed by atoms with Gasteiger partial charge in [-0.25, -0.2) is 0 Å². The van der Waals surface area contributed by atoms with Crippen molar-refractivity contribution in [2.45, 2.75) is 26.2 Å². The number of nitrogens with zero attached hydrogens (tertiary/aromatic N) is 5. The van der Waals surface area contributed by atoms with Crippen LogP contribution in [0, 0.1) is 40.9 Å². The molecule has 8 rings (SSSR count). The Kier molecular flexibility index (Phi) is 7.49. The molecule has 1 atom stereocenters.